The normalized spacial score (nSPS) is 21.5. The average molecular weight is 455 g/mol. The number of nitrogens with one attached hydrogen (secondary N) is 3. The van der Waals surface area contributed by atoms with Crippen LogP contribution in [0.25, 0.3) is 0 Å². The molecule has 0 bridgehead atoms. The summed E-state index contributed by atoms with van der Waals surface area (Å²) in [5, 5.41) is 19.3. The van der Waals surface area contributed by atoms with Crippen LogP contribution in [0.3, 0.4) is 0 Å². The average Bonchev–Trinajstić information content (AvgIpc) is 2.84. The van der Waals surface area contributed by atoms with Crippen LogP contribution in [0, 0.1) is 5.92 Å². The smallest absolute Gasteiger partial charge is 0.232 e. The summed E-state index contributed by atoms with van der Waals surface area (Å²) in [6.45, 7) is 4.10. The molecule has 1 aliphatic carbocycles. The summed E-state index contributed by atoms with van der Waals surface area (Å²) in [7, 11) is 3.94. The second kappa shape index (κ2) is 10.7. The van der Waals surface area contributed by atoms with Gasteiger partial charge < -0.3 is 30.9 Å². The van der Waals surface area contributed by atoms with E-state index in [1.54, 1.807) is 12.1 Å². The lowest BCUT2D eigenvalue weighted by molar-refractivity contribution is -0.126. The van der Waals surface area contributed by atoms with E-state index >= 15 is 0 Å². The highest BCUT2D eigenvalue weighted by Crippen LogP contribution is 2.27. The highest BCUT2D eigenvalue weighted by Gasteiger charge is 2.27. The van der Waals surface area contributed by atoms with Gasteiger partial charge in [0.15, 0.2) is 0 Å². The van der Waals surface area contributed by atoms with Gasteiger partial charge >= 0.3 is 0 Å². The number of carbonyl (C=O) groups excluding carboxylic acids is 1. The highest BCUT2D eigenvalue weighted by molar-refractivity contribution is 5.78. The molecule has 4 rings (SSSR count). The Balaban J connectivity index is 1.30. The van der Waals surface area contributed by atoms with Crippen molar-refractivity contribution in [1.29, 1.82) is 0 Å². The second-order valence-corrected chi connectivity index (χ2v) is 8.86. The molecule has 1 aliphatic heterocycles. The number of para-hydroxylation sites is 1. The molecule has 0 radical (unpaired) electrons. The molecule has 0 unspecified atom stereocenters. The van der Waals surface area contributed by atoms with Gasteiger partial charge in [-0.1, -0.05) is 18.2 Å². The maximum atomic E-state index is 12.6. The molecule has 33 heavy (non-hydrogen) atoms. The standard InChI is InChI=1S/C23H34N8O2/c1-24-21-27-22(29-23(28-21)31-13-11-30(2)12-14-31)26-18-9-7-16(8-10-18)20(33)25-15-17-5-3-4-6-19(17)32/h3-6,16,18,32H,7-15H2,1-2H3,(H,25,33)(H2,24,26,27,28,29)/t16-,18-. The highest BCUT2D eigenvalue weighted by atomic mass is 16.3. The minimum Gasteiger partial charge on any atom is -0.508 e. The van der Waals surface area contributed by atoms with Gasteiger partial charge in [-0.2, -0.15) is 15.0 Å². The fraction of sp³-hybridized carbons (Fsp3) is 0.565. The van der Waals surface area contributed by atoms with E-state index < -0.39 is 0 Å². The van der Waals surface area contributed by atoms with Crippen molar-refractivity contribution in [3.8, 4) is 5.75 Å². The molecule has 2 fully saturated rings. The van der Waals surface area contributed by atoms with Crippen LogP contribution in [-0.2, 0) is 11.3 Å². The first-order chi connectivity index (χ1) is 16.0. The number of nitrogens with zero attached hydrogens (tertiary/aromatic N) is 5. The van der Waals surface area contributed by atoms with Crippen LogP contribution < -0.4 is 20.9 Å². The summed E-state index contributed by atoms with van der Waals surface area (Å²) in [5.41, 5.74) is 0.729. The number of phenolic OH excluding ortho intramolecular Hbond substituents is 1. The summed E-state index contributed by atoms with van der Waals surface area (Å²) in [5.74, 6) is 2.07. The van der Waals surface area contributed by atoms with Crippen molar-refractivity contribution in [2.24, 2.45) is 5.92 Å². The fourth-order valence-corrected chi connectivity index (χ4v) is 4.36. The van der Waals surface area contributed by atoms with Crippen molar-refractivity contribution >= 4 is 23.8 Å². The Morgan fingerprint density at radius 2 is 1.73 bits per heavy atom. The number of piperazine rings is 1. The molecule has 1 saturated heterocycles. The van der Waals surface area contributed by atoms with Gasteiger partial charge in [-0.05, 0) is 38.8 Å². The van der Waals surface area contributed by atoms with Crippen LogP contribution in [0.15, 0.2) is 24.3 Å². The zero-order valence-corrected chi connectivity index (χ0v) is 19.4. The third-order valence-corrected chi connectivity index (χ3v) is 6.51. The minimum atomic E-state index is -0.0129. The van der Waals surface area contributed by atoms with Gasteiger partial charge in [-0.3, -0.25) is 4.79 Å². The van der Waals surface area contributed by atoms with Crippen molar-refractivity contribution in [1.82, 2.24) is 25.2 Å². The molecular weight excluding hydrogens is 420 g/mol. The number of hydrogen-bond donors (Lipinski definition) is 4. The first-order valence-electron chi connectivity index (χ1n) is 11.7. The van der Waals surface area contributed by atoms with Gasteiger partial charge in [0.2, 0.25) is 23.8 Å². The van der Waals surface area contributed by atoms with E-state index in [2.05, 4.69) is 47.7 Å². The Bertz CT molecular complexity index is 940. The monoisotopic (exact) mass is 454 g/mol. The first-order valence-corrected chi connectivity index (χ1v) is 11.7. The Kier molecular flexibility index (Phi) is 7.43. The van der Waals surface area contributed by atoms with E-state index in [-0.39, 0.29) is 23.6 Å². The molecule has 2 aliphatic rings. The number of carbonyl (C=O) groups is 1. The molecule has 10 nitrogen and oxygen atoms in total. The van der Waals surface area contributed by atoms with Gasteiger partial charge in [0.25, 0.3) is 0 Å². The van der Waals surface area contributed by atoms with Gasteiger partial charge in [0.1, 0.15) is 5.75 Å². The molecule has 4 N–H and O–H groups in total. The largest absolute Gasteiger partial charge is 0.508 e. The summed E-state index contributed by atoms with van der Waals surface area (Å²) < 4.78 is 0. The fourth-order valence-electron chi connectivity index (χ4n) is 4.36. The first kappa shape index (κ1) is 23.0. The van der Waals surface area contributed by atoms with E-state index in [1.165, 1.54) is 0 Å². The van der Waals surface area contributed by atoms with E-state index in [1.807, 2.05) is 19.2 Å². The summed E-state index contributed by atoms with van der Waals surface area (Å²) in [4.78, 5) is 30.8. The lowest BCUT2D eigenvalue weighted by Crippen LogP contribution is -2.45. The predicted octanol–water partition coefficient (Wildman–Crippen LogP) is 1.66. The van der Waals surface area contributed by atoms with Crippen LogP contribution in [0.5, 0.6) is 5.75 Å². The summed E-state index contributed by atoms with van der Waals surface area (Å²) >= 11 is 0. The lowest BCUT2D eigenvalue weighted by atomic mass is 9.85. The lowest BCUT2D eigenvalue weighted by Gasteiger charge is -2.33. The van der Waals surface area contributed by atoms with Crippen molar-refractivity contribution in [2.75, 3.05) is 55.8 Å². The molecule has 178 valence electrons. The minimum absolute atomic E-state index is 0.0129. The van der Waals surface area contributed by atoms with E-state index in [4.69, 9.17) is 0 Å². The Morgan fingerprint density at radius 3 is 2.42 bits per heavy atom. The Hall–Kier alpha value is -3.14. The number of anilines is 3. The van der Waals surface area contributed by atoms with E-state index in [0.29, 0.717) is 24.4 Å². The zero-order chi connectivity index (χ0) is 23.2. The molecule has 1 aromatic carbocycles. The number of rotatable bonds is 7. The molecule has 2 aromatic rings. The molecule has 0 atom stereocenters. The van der Waals surface area contributed by atoms with Crippen LogP contribution in [-0.4, -0.2) is 77.2 Å². The van der Waals surface area contributed by atoms with Gasteiger partial charge in [0.05, 0.1) is 0 Å². The van der Waals surface area contributed by atoms with Gasteiger partial charge in [0, 0.05) is 57.3 Å². The SMILES string of the molecule is CNc1nc(N[C@H]2CC[C@H](C(=O)NCc3ccccc3O)CC2)nc(N2CCN(C)CC2)n1. The maximum Gasteiger partial charge on any atom is 0.232 e. The number of aromatic hydroxyl groups is 1. The number of hydrogen-bond acceptors (Lipinski definition) is 9. The van der Waals surface area contributed by atoms with Crippen molar-refractivity contribution in [3.05, 3.63) is 29.8 Å². The molecule has 2 heterocycles. The Morgan fingerprint density at radius 1 is 1.03 bits per heavy atom. The molecule has 1 aromatic heterocycles. The quantitative estimate of drug-likeness (QED) is 0.495. The predicted molar refractivity (Wildman–Crippen MR) is 128 cm³/mol. The molecule has 10 heteroatoms. The third-order valence-electron chi connectivity index (χ3n) is 6.51. The molecule has 0 spiro atoms. The molecule has 1 amide bonds. The summed E-state index contributed by atoms with van der Waals surface area (Å²) in [6, 6.07) is 7.30. The van der Waals surface area contributed by atoms with E-state index in [0.717, 1.165) is 57.4 Å². The number of benzene rings is 1. The zero-order valence-electron chi connectivity index (χ0n) is 19.4. The van der Waals surface area contributed by atoms with Gasteiger partial charge in [-0.25, -0.2) is 0 Å². The van der Waals surface area contributed by atoms with Crippen LogP contribution in [0.1, 0.15) is 31.2 Å². The number of likely N-dealkylation sites (N-methyl/N-ethyl adjacent to an activating group) is 1. The summed E-state index contributed by atoms with van der Waals surface area (Å²) in [6.07, 6.45) is 3.36. The number of aromatic nitrogens is 3. The van der Waals surface area contributed by atoms with Crippen molar-refractivity contribution < 1.29 is 9.90 Å². The maximum absolute atomic E-state index is 12.6. The molecule has 1 saturated carbocycles. The van der Waals surface area contributed by atoms with Crippen LogP contribution >= 0.6 is 0 Å². The number of amides is 1. The van der Waals surface area contributed by atoms with Crippen LogP contribution in [0.2, 0.25) is 0 Å². The second-order valence-electron chi connectivity index (χ2n) is 8.86. The third kappa shape index (κ3) is 6.01. The van der Waals surface area contributed by atoms with Crippen molar-refractivity contribution in [2.45, 2.75) is 38.3 Å². The van der Waals surface area contributed by atoms with Gasteiger partial charge in [-0.15, -0.1) is 0 Å². The van der Waals surface area contributed by atoms with E-state index in [9.17, 15) is 9.90 Å². The topological polar surface area (TPSA) is 119 Å². The Labute approximate surface area is 194 Å². The molecular formula is C23H34N8O2. The number of phenols is 1. The van der Waals surface area contributed by atoms with Crippen LogP contribution in [0.4, 0.5) is 17.8 Å². The van der Waals surface area contributed by atoms with Crippen molar-refractivity contribution in [3.63, 3.8) is 0 Å².